The normalized spacial score (nSPS) is 17.0. The molecule has 0 atom stereocenters. The van der Waals surface area contributed by atoms with Crippen molar-refractivity contribution in [2.45, 2.75) is 47.3 Å². The van der Waals surface area contributed by atoms with Gasteiger partial charge in [-0.25, -0.2) is 26.4 Å². The standard InChI is InChI=1S/2C15H21N3O2S.C2H2O4/c2*1-17-7-5-11(6-8-17)14-10-18(16)15-4-3-12(9-13(14)15)21(2,19)20;3-1(4)2(5)6/h2*3-4,9-11H,5-8,16H2,1-2H3;(H,3,4)(H,5,6). The van der Waals surface area contributed by atoms with Crippen LogP contribution in [0.25, 0.3) is 21.8 Å². The first-order valence-corrected chi connectivity index (χ1v) is 19.2. The molecule has 0 spiro atoms. The van der Waals surface area contributed by atoms with Crippen LogP contribution in [0.2, 0.25) is 0 Å². The summed E-state index contributed by atoms with van der Waals surface area (Å²) in [5, 5.41) is 16.7. The maximum absolute atomic E-state index is 11.8. The van der Waals surface area contributed by atoms with Crippen LogP contribution in [0.1, 0.15) is 48.6 Å². The molecule has 4 heterocycles. The number of carboxylic acids is 2. The lowest BCUT2D eigenvalue weighted by molar-refractivity contribution is -0.159. The third-order valence-electron chi connectivity index (χ3n) is 9.03. The summed E-state index contributed by atoms with van der Waals surface area (Å²) in [5.74, 6) is 9.30. The van der Waals surface area contributed by atoms with Gasteiger partial charge in [-0.15, -0.1) is 0 Å². The summed E-state index contributed by atoms with van der Waals surface area (Å²) in [6, 6.07) is 10.4. The number of nitrogens with two attached hydrogens (primary N) is 2. The number of nitrogens with zero attached hydrogens (tertiary/aromatic N) is 4. The zero-order valence-corrected chi connectivity index (χ0v) is 29.2. The van der Waals surface area contributed by atoms with Gasteiger partial charge in [0.15, 0.2) is 19.7 Å². The first-order chi connectivity index (χ1) is 22.4. The molecular formula is C32H44N6O8S2. The average Bonchev–Trinajstić information content (AvgIpc) is 3.53. The maximum atomic E-state index is 11.8. The van der Waals surface area contributed by atoms with Crippen LogP contribution >= 0.6 is 0 Å². The number of likely N-dealkylation sites (tertiary alicyclic amines) is 2. The molecule has 0 unspecified atom stereocenters. The lowest BCUT2D eigenvalue weighted by Crippen LogP contribution is -2.29. The molecule has 2 fully saturated rings. The van der Waals surface area contributed by atoms with Crippen molar-refractivity contribution < 1.29 is 36.6 Å². The van der Waals surface area contributed by atoms with Crippen molar-refractivity contribution in [1.82, 2.24) is 19.2 Å². The van der Waals surface area contributed by atoms with Crippen LogP contribution in [-0.4, -0.2) is 111 Å². The van der Waals surface area contributed by atoms with E-state index in [2.05, 4.69) is 23.9 Å². The minimum absolute atomic E-state index is 0.357. The molecule has 4 aromatic rings. The van der Waals surface area contributed by atoms with Crippen molar-refractivity contribution in [2.75, 3.05) is 64.5 Å². The van der Waals surface area contributed by atoms with Crippen LogP contribution in [0.3, 0.4) is 0 Å². The summed E-state index contributed by atoms with van der Waals surface area (Å²) >= 11 is 0. The van der Waals surface area contributed by atoms with Gasteiger partial charge in [-0.05, 0) is 125 Å². The van der Waals surface area contributed by atoms with Crippen molar-refractivity contribution >= 4 is 53.4 Å². The van der Waals surface area contributed by atoms with Crippen LogP contribution in [0, 0.1) is 0 Å². The first-order valence-electron chi connectivity index (χ1n) is 15.4. The smallest absolute Gasteiger partial charge is 0.414 e. The molecule has 0 amide bonds. The minimum Gasteiger partial charge on any atom is -0.473 e. The van der Waals surface area contributed by atoms with Crippen LogP contribution in [0.15, 0.2) is 58.6 Å². The first kappa shape index (κ1) is 36.7. The van der Waals surface area contributed by atoms with Crippen molar-refractivity contribution in [1.29, 1.82) is 0 Å². The van der Waals surface area contributed by atoms with Gasteiger partial charge in [0.05, 0.1) is 20.8 Å². The quantitative estimate of drug-likeness (QED) is 0.178. The number of hydrogen-bond acceptors (Lipinski definition) is 10. The molecule has 48 heavy (non-hydrogen) atoms. The highest BCUT2D eigenvalue weighted by Gasteiger charge is 2.24. The summed E-state index contributed by atoms with van der Waals surface area (Å²) in [6.45, 7) is 4.25. The monoisotopic (exact) mass is 704 g/mol. The number of hydrogen-bond donors (Lipinski definition) is 4. The van der Waals surface area contributed by atoms with Gasteiger partial charge in [0.2, 0.25) is 0 Å². The number of nitrogen functional groups attached to an aromatic ring is 2. The lowest BCUT2D eigenvalue weighted by Gasteiger charge is -2.28. The fraction of sp³-hybridized carbons (Fsp3) is 0.438. The third-order valence-corrected chi connectivity index (χ3v) is 11.2. The molecule has 2 aromatic heterocycles. The van der Waals surface area contributed by atoms with E-state index in [-0.39, 0.29) is 0 Å². The van der Waals surface area contributed by atoms with E-state index in [1.54, 1.807) is 45.8 Å². The Hall–Kier alpha value is -4.12. The average molecular weight is 705 g/mol. The number of carbonyl (C=O) groups is 2. The SMILES string of the molecule is CN1CCC(c2cn(N)c3ccc(S(C)(=O)=O)cc23)CC1.CN1CCC(c2cn(N)c3ccc(S(C)(=O)=O)cc23)CC1.O=C(O)C(=O)O. The molecule has 262 valence electrons. The highest BCUT2D eigenvalue weighted by atomic mass is 32.2. The predicted molar refractivity (Wildman–Crippen MR) is 185 cm³/mol. The summed E-state index contributed by atoms with van der Waals surface area (Å²) < 4.78 is 50.3. The molecule has 16 heteroatoms. The Labute approximate surface area is 280 Å². The summed E-state index contributed by atoms with van der Waals surface area (Å²) in [6.07, 6.45) is 10.7. The summed E-state index contributed by atoms with van der Waals surface area (Å²) in [5.41, 5.74) is 4.12. The second-order valence-corrected chi connectivity index (χ2v) is 16.7. The number of aromatic nitrogens is 2. The second-order valence-electron chi connectivity index (χ2n) is 12.7. The Balaban J connectivity index is 0.000000186. The van der Waals surface area contributed by atoms with E-state index in [1.807, 2.05) is 12.4 Å². The van der Waals surface area contributed by atoms with Gasteiger partial charge in [0.1, 0.15) is 0 Å². The Bertz CT molecular complexity index is 1880. The number of aliphatic carboxylic acids is 2. The van der Waals surface area contributed by atoms with E-state index in [0.717, 1.165) is 73.7 Å². The predicted octanol–water partition coefficient (Wildman–Crippen LogP) is 2.29. The van der Waals surface area contributed by atoms with Crippen molar-refractivity contribution in [3.63, 3.8) is 0 Å². The van der Waals surface area contributed by atoms with Gasteiger partial charge in [-0.3, -0.25) is 9.35 Å². The molecule has 14 nitrogen and oxygen atoms in total. The Morgan fingerprint density at radius 3 is 1.23 bits per heavy atom. The molecular weight excluding hydrogens is 661 g/mol. The molecule has 0 bridgehead atoms. The van der Waals surface area contributed by atoms with Crippen LogP contribution in [-0.2, 0) is 29.3 Å². The van der Waals surface area contributed by atoms with Gasteiger partial charge in [-0.1, -0.05) is 0 Å². The number of fused-ring (bicyclic) bond motifs is 2. The van der Waals surface area contributed by atoms with E-state index in [9.17, 15) is 16.8 Å². The van der Waals surface area contributed by atoms with Crippen LogP contribution in [0.5, 0.6) is 0 Å². The molecule has 0 radical (unpaired) electrons. The van der Waals surface area contributed by atoms with Crippen molar-refractivity contribution in [2.24, 2.45) is 0 Å². The van der Waals surface area contributed by atoms with Crippen LogP contribution < -0.4 is 11.7 Å². The van der Waals surface area contributed by atoms with E-state index in [0.29, 0.717) is 21.6 Å². The second kappa shape index (κ2) is 14.6. The summed E-state index contributed by atoms with van der Waals surface area (Å²) in [7, 11) is -2.14. The fourth-order valence-electron chi connectivity index (χ4n) is 6.27. The zero-order valence-electron chi connectivity index (χ0n) is 27.5. The van der Waals surface area contributed by atoms with Gasteiger partial charge < -0.3 is 31.7 Å². The van der Waals surface area contributed by atoms with Crippen molar-refractivity contribution in [3.8, 4) is 0 Å². The summed E-state index contributed by atoms with van der Waals surface area (Å²) in [4.78, 5) is 23.6. The Kier molecular flexibility index (Phi) is 11.1. The maximum Gasteiger partial charge on any atom is 0.414 e. The van der Waals surface area contributed by atoms with E-state index in [1.165, 1.54) is 23.6 Å². The molecule has 6 N–H and O–H groups in total. The van der Waals surface area contributed by atoms with E-state index in [4.69, 9.17) is 31.5 Å². The Morgan fingerprint density at radius 1 is 0.646 bits per heavy atom. The Morgan fingerprint density at radius 2 is 0.958 bits per heavy atom. The molecule has 0 aliphatic carbocycles. The van der Waals surface area contributed by atoms with Gasteiger partial charge >= 0.3 is 11.9 Å². The zero-order chi connectivity index (χ0) is 35.6. The van der Waals surface area contributed by atoms with E-state index < -0.39 is 31.6 Å². The lowest BCUT2D eigenvalue weighted by atomic mass is 9.89. The number of carboxylic acid groups (broad SMARTS) is 2. The van der Waals surface area contributed by atoms with Gasteiger partial charge in [0, 0.05) is 35.7 Å². The van der Waals surface area contributed by atoms with Gasteiger partial charge in [-0.2, -0.15) is 0 Å². The molecule has 0 saturated carbocycles. The highest BCUT2D eigenvalue weighted by Crippen LogP contribution is 2.36. The molecule has 2 aliphatic heterocycles. The highest BCUT2D eigenvalue weighted by molar-refractivity contribution is 7.91. The number of rotatable bonds is 4. The third kappa shape index (κ3) is 8.66. The number of benzene rings is 2. The fourth-order valence-corrected chi connectivity index (χ4v) is 7.57. The minimum atomic E-state index is -3.20. The molecule has 2 saturated heterocycles. The van der Waals surface area contributed by atoms with Crippen molar-refractivity contribution in [3.05, 3.63) is 59.9 Å². The van der Waals surface area contributed by atoms with Gasteiger partial charge in [0.25, 0.3) is 0 Å². The molecule has 2 aliphatic rings. The largest absolute Gasteiger partial charge is 0.473 e. The molecule has 6 rings (SSSR count). The number of sulfone groups is 2. The number of piperidine rings is 2. The topological polar surface area (TPSA) is 211 Å². The van der Waals surface area contributed by atoms with E-state index >= 15 is 0 Å². The van der Waals surface area contributed by atoms with Crippen LogP contribution in [0.4, 0.5) is 0 Å². The molecule has 2 aromatic carbocycles.